The molecule has 3 rings (SSSR count). The molecule has 0 spiro atoms. The fourth-order valence-electron chi connectivity index (χ4n) is 4.02. The van der Waals surface area contributed by atoms with Crippen LogP contribution < -0.4 is 10.2 Å². The SMILES string of the molecule is CCOc1cc(/C=N\NC(=O)[C@@H]2[C@H]3CCCC[C@@]32C)cc(Br)c1O. The van der Waals surface area contributed by atoms with Gasteiger partial charge in [0, 0.05) is 5.92 Å². The smallest absolute Gasteiger partial charge is 0.244 e. The summed E-state index contributed by atoms with van der Waals surface area (Å²) in [5, 5.41) is 14.0. The summed E-state index contributed by atoms with van der Waals surface area (Å²) in [5.41, 5.74) is 3.59. The fraction of sp³-hybridized carbons (Fsp3) is 0.556. The van der Waals surface area contributed by atoms with E-state index in [-0.39, 0.29) is 23.0 Å². The molecule has 6 heteroatoms. The Morgan fingerprint density at radius 2 is 2.33 bits per heavy atom. The van der Waals surface area contributed by atoms with Crippen molar-refractivity contribution in [1.29, 1.82) is 0 Å². The number of amides is 1. The Balaban J connectivity index is 1.63. The van der Waals surface area contributed by atoms with E-state index in [0.29, 0.717) is 22.7 Å². The molecule has 0 unspecified atom stereocenters. The predicted molar refractivity (Wildman–Crippen MR) is 96.3 cm³/mol. The minimum Gasteiger partial charge on any atom is -0.503 e. The van der Waals surface area contributed by atoms with E-state index >= 15 is 0 Å². The first-order valence-electron chi connectivity index (χ1n) is 8.45. The number of fused-ring (bicyclic) bond motifs is 1. The summed E-state index contributed by atoms with van der Waals surface area (Å²) in [5.74, 6) is 1.09. The van der Waals surface area contributed by atoms with Crippen LogP contribution in [0.5, 0.6) is 11.5 Å². The normalized spacial score (nSPS) is 28.5. The lowest BCUT2D eigenvalue weighted by Gasteiger charge is -2.15. The number of nitrogens with one attached hydrogen (secondary N) is 1. The van der Waals surface area contributed by atoms with E-state index in [0.717, 1.165) is 18.4 Å². The van der Waals surface area contributed by atoms with E-state index < -0.39 is 0 Å². The predicted octanol–water partition coefficient (Wildman–Crippen LogP) is 3.83. The number of hydrogen-bond donors (Lipinski definition) is 2. The third kappa shape index (κ3) is 3.16. The summed E-state index contributed by atoms with van der Waals surface area (Å²) >= 11 is 3.29. The molecule has 3 atom stereocenters. The topological polar surface area (TPSA) is 70.9 Å². The summed E-state index contributed by atoms with van der Waals surface area (Å²) in [6, 6.07) is 3.42. The van der Waals surface area contributed by atoms with Crippen LogP contribution in [0.15, 0.2) is 21.7 Å². The van der Waals surface area contributed by atoms with Gasteiger partial charge in [0.05, 0.1) is 17.3 Å². The molecule has 2 fully saturated rings. The number of halogens is 1. The van der Waals surface area contributed by atoms with Crippen LogP contribution in [0.2, 0.25) is 0 Å². The lowest BCUT2D eigenvalue weighted by molar-refractivity contribution is -0.123. The molecule has 1 amide bonds. The lowest BCUT2D eigenvalue weighted by Crippen LogP contribution is -2.22. The highest BCUT2D eigenvalue weighted by atomic mass is 79.9. The van der Waals surface area contributed by atoms with Crippen LogP contribution in [-0.2, 0) is 4.79 Å². The van der Waals surface area contributed by atoms with Crippen LogP contribution >= 0.6 is 15.9 Å². The maximum atomic E-state index is 12.4. The first kappa shape index (κ1) is 17.3. The number of rotatable bonds is 5. The molecule has 2 saturated carbocycles. The van der Waals surface area contributed by atoms with Gasteiger partial charge >= 0.3 is 0 Å². The average molecular weight is 395 g/mol. The van der Waals surface area contributed by atoms with E-state index in [1.165, 1.54) is 12.8 Å². The van der Waals surface area contributed by atoms with E-state index in [9.17, 15) is 9.90 Å². The summed E-state index contributed by atoms with van der Waals surface area (Å²) in [6.07, 6.45) is 6.32. The highest BCUT2D eigenvalue weighted by molar-refractivity contribution is 9.10. The van der Waals surface area contributed by atoms with Gasteiger partial charge in [0.25, 0.3) is 0 Å². The standard InChI is InChI=1S/C18H23BrN2O3/c1-3-24-14-9-11(8-13(19)16(14)22)10-20-21-17(23)15-12-6-4-5-7-18(12,15)2/h8-10,12,15,22H,3-7H2,1-2H3,(H,21,23)/b20-10-/t12-,15+,18+/m1/s1. The second kappa shape index (κ2) is 6.75. The highest BCUT2D eigenvalue weighted by Crippen LogP contribution is 2.66. The van der Waals surface area contributed by atoms with Crippen molar-refractivity contribution in [2.45, 2.75) is 39.5 Å². The summed E-state index contributed by atoms with van der Waals surface area (Å²) in [6.45, 7) is 4.53. The van der Waals surface area contributed by atoms with Gasteiger partial charge in [0.2, 0.25) is 5.91 Å². The quantitative estimate of drug-likeness (QED) is 0.588. The number of carbonyl (C=O) groups is 1. The first-order chi connectivity index (χ1) is 11.5. The Hall–Kier alpha value is -1.56. The molecule has 0 saturated heterocycles. The molecular formula is C18H23BrN2O3. The third-order valence-electron chi connectivity index (χ3n) is 5.35. The number of ether oxygens (including phenoxy) is 1. The molecule has 0 heterocycles. The van der Waals surface area contributed by atoms with Crippen molar-refractivity contribution in [2.24, 2.45) is 22.4 Å². The van der Waals surface area contributed by atoms with Gasteiger partial charge in [-0.2, -0.15) is 5.10 Å². The lowest BCUT2D eigenvalue weighted by atomic mass is 9.90. The molecule has 0 aliphatic heterocycles. The van der Waals surface area contributed by atoms with Crippen LogP contribution in [0.25, 0.3) is 0 Å². The zero-order valence-corrected chi connectivity index (χ0v) is 15.6. The van der Waals surface area contributed by atoms with Crippen molar-refractivity contribution < 1.29 is 14.6 Å². The first-order valence-corrected chi connectivity index (χ1v) is 9.25. The summed E-state index contributed by atoms with van der Waals surface area (Å²) in [7, 11) is 0. The van der Waals surface area contributed by atoms with Crippen molar-refractivity contribution in [1.82, 2.24) is 5.43 Å². The molecule has 0 bridgehead atoms. The van der Waals surface area contributed by atoms with Crippen LogP contribution in [0, 0.1) is 17.3 Å². The maximum Gasteiger partial charge on any atom is 0.244 e. The van der Waals surface area contributed by atoms with Gasteiger partial charge in [-0.3, -0.25) is 4.79 Å². The Kier molecular flexibility index (Phi) is 4.85. The van der Waals surface area contributed by atoms with Crippen molar-refractivity contribution in [2.75, 3.05) is 6.61 Å². The molecule has 0 radical (unpaired) electrons. The number of benzene rings is 1. The minimum absolute atomic E-state index is 0.0172. The van der Waals surface area contributed by atoms with Gasteiger partial charge in [0.1, 0.15) is 0 Å². The Labute approximate surface area is 150 Å². The molecule has 2 aliphatic carbocycles. The van der Waals surface area contributed by atoms with Crippen molar-refractivity contribution in [3.8, 4) is 11.5 Å². The number of hydrazone groups is 1. The highest BCUT2D eigenvalue weighted by Gasteiger charge is 2.64. The summed E-state index contributed by atoms with van der Waals surface area (Å²) < 4.78 is 5.91. The zero-order valence-electron chi connectivity index (χ0n) is 14.0. The molecule has 1 aromatic rings. The largest absolute Gasteiger partial charge is 0.503 e. The number of aromatic hydroxyl groups is 1. The van der Waals surface area contributed by atoms with Crippen LogP contribution in [0.4, 0.5) is 0 Å². The third-order valence-corrected chi connectivity index (χ3v) is 5.96. The Bertz CT molecular complexity index is 676. The van der Waals surface area contributed by atoms with Crippen molar-refractivity contribution >= 4 is 28.1 Å². The average Bonchev–Trinajstić information content (AvgIpc) is 3.18. The van der Waals surface area contributed by atoms with Gasteiger partial charge in [-0.15, -0.1) is 0 Å². The van der Waals surface area contributed by atoms with E-state index in [1.54, 1.807) is 18.3 Å². The Morgan fingerprint density at radius 3 is 3.00 bits per heavy atom. The number of phenolic OH excluding ortho intramolecular Hbond substituents is 1. The molecule has 24 heavy (non-hydrogen) atoms. The van der Waals surface area contributed by atoms with Crippen LogP contribution in [0.3, 0.4) is 0 Å². The van der Waals surface area contributed by atoms with Gasteiger partial charge in [-0.1, -0.05) is 19.8 Å². The number of phenols is 1. The van der Waals surface area contributed by atoms with E-state index in [2.05, 4.69) is 33.4 Å². The monoisotopic (exact) mass is 394 g/mol. The van der Waals surface area contributed by atoms with E-state index in [4.69, 9.17) is 4.74 Å². The Morgan fingerprint density at radius 1 is 1.54 bits per heavy atom. The molecule has 2 N–H and O–H groups in total. The van der Waals surface area contributed by atoms with Crippen molar-refractivity contribution in [3.63, 3.8) is 0 Å². The molecule has 5 nitrogen and oxygen atoms in total. The second-order valence-corrected chi connectivity index (χ2v) is 7.71. The second-order valence-electron chi connectivity index (χ2n) is 6.85. The molecule has 2 aliphatic rings. The van der Waals surface area contributed by atoms with Gasteiger partial charge in [-0.25, -0.2) is 5.43 Å². The zero-order chi connectivity index (χ0) is 17.3. The molecular weight excluding hydrogens is 372 g/mol. The molecule has 0 aromatic heterocycles. The fourth-order valence-corrected chi connectivity index (χ4v) is 4.48. The maximum absolute atomic E-state index is 12.4. The van der Waals surface area contributed by atoms with E-state index in [1.807, 2.05) is 6.92 Å². The van der Waals surface area contributed by atoms with Gasteiger partial charge < -0.3 is 9.84 Å². The molecule has 1 aromatic carbocycles. The minimum atomic E-state index is 0.0172. The number of hydrogen-bond acceptors (Lipinski definition) is 4. The number of nitrogens with zero attached hydrogens (tertiary/aromatic N) is 1. The summed E-state index contributed by atoms with van der Waals surface area (Å²) in [4.78, 5) is 12.4. The van der Waals surface area contributed by atoms with Crippen LogP contribution in [-0.4, -0.2) is 23.8 Å². The molecule has 130 valence electrons. The van der Waals surface area contributed by atoms with Crippen molar-refractivity contribution in [3.05, 3.63) is 22.2 Å². The van der Waals surface area contributed by atoms with Gasteiger partial charge in [-0.05, 0) is 64.7 Å². The number of carbonyl (C=O) groups excluding carboxylic acids is 1. The van der Waals surface area contributed by atoms with Gasteiger partial charge in [0.15, 0.2) is 11.5 Å². The van der Waals surface area contributed by atoms with Crippen LogP contribution in [0.1, 0.15) is 45.1 Å².